The fourth-order valence-corrected chi connectivity index (χ4v) is 4.69. The van der Waals surface area contributed by atoms with Gasteiger partial charge in [0.1, 0.15) is 0 Å². The Kier molecular flexibility index (Phi) is 6.92. The summed E-state index contributed by atoms with van der Waals surface area (Å²) in [5.41, 5.74) is 2.22. The summed E-state index contributed by atoms with van der Waals surface area (Å²) in [7, 11) is -1.52. The van der Waals surface area contributed by atoms with Gasteiger partial charge in [-0.1, -0.05) is 12.1 Å². The minimum Gasteiger partial charge on any atom is -0.381 e. The van der Waals surface area contributed by atoms with E-state index in [1.54, 1.807) is 13.2 Å². The molecule has 158 valence electrons. The van der Waals surface area contributed by atoms with E-state index in [9.17, 15) is 8.42 Å². The Labute approximate surface area is 172 Å². The average Bonchev–Trinajstić information content (AvgIpc) is 3.26. The van der Waals surface area contributed by atoms with E-state index in [1.807, 2.05) is 29.1 Å². The van der Waals surface area contributed by atoms with Gasteiger partial charge in [-0.2, -0.15) is 5.10 Å². The number of nitrogens with zero attached hydrogens (tertiary/aromatic N) is 3. The van der Waals surface area contributed by atoms with E-state index in [0.29, 0.717) is 45.1 Å². The highest BCUT2D eigenvalue weighted by molar-refractivity contribution is 7.92. The average molecular weight is 420 g/mol. The fraction of sp³-hybridized carbons (Fsp3) is 0.500. The molecule has 0 atom stereocenters. The third kappa shape index (κ3) is 5.36. The van der Waals surface area contributed by atoms with Gasteiger partial charge in [0.05, 0.1) is 10.4 Å². The second-order valence-corrected chi connectivity index (χ2v) is 9.70. The van der Waals surface area contributed by atoms with Crippen LogP contribution in [0.1, 0.15) is 18.4 Å². The molecule has 2 heterocycles. The van der Waals surface area contributed by atoms with Crippen molar-refractivity contribution in [2.75, 3.05) is 39.6 Å². The van der Waals surface area contributed by atoms with Crippen LogP contribution < -0.4 is 10.6 Å². The van der Waals surface area contributed by atoms with E-state index in [-0.39, 0.29) is 0 Å². The van der Waals surface area contributed by atoms with Crippen LogP contribution in [0.25, 0.3) is 5.69 Å². The predicted molar refractivity (Wildman–Crippen MR) is 114 cm³/mol. The molecule has 2 N–H and O–H groups in total. The van der Waals surface area contributed by atoms with Gasteiger partial charge in [-0.05, 0) is 43.0 Å². The van der Waals surface area contributed by atoms with Crippen LogP contribution in [0.2, 0.25) is 0 Å². The van der Waals surface area contributed by atoms with Crippen LogP contribution in [0.15, 0.2) is 47.7 Å². The molecule has 3 rings (SSSR count). The van der Waals surface area contributed by atoms with Crippen LogP contribution >= 0.6 is 0 Å². The quantitative estimate of drug-likeness (QED) is 0.517. The van der Waals surface area contributed by atoms with Crippen LogP contribution in [0, 0.1) is 0 Å². The number of nitrogens with one attached hydrogen (secondary N) is 2. The summed E-state index contributed by atoms with van der Waals surface area (Å²) >= 11 is 0. The zero-order valence-electron chi connectivity index (χ0n) is 17.0. The van der Waals surface area contributed by atoms with E-state index in [2.05, 4.69) is 32.9 Å². The lowest BCUT2D eigenvalue weighted by molar-refractivity contribution is 0.0756. The standard InChI is InChI=1S/C20H29N5O3S/c1-21-19(23-16-20(29(2,26)27)9-14-28-15-10-20)22-12-8-17-4-6-18(7-5-17)25-13-3-11-24-25/h3-7,11,13H,8-10,12,14-16H2,1-2H3,(H2,21,22,23). The second kappa shape index (κ2) is 9.41. The molecule has 0 spiro atoms. The summed E-state index contributed by atoms with van der Waals surface area (Å²) in [5.74, 6) is 0.604. The van der Waals surface area contributed by atoms with Crippen molar-refractivity contribution in [1.82, 2.24) is 20.4 Å². The summed E-state index contributed by atoms with van der Waals surface area (Å²) < 4.78 is 31.1. The predicted octanol–water partition coefficient (Wildman–Crippen LogP) is 1.17. The van der Waals surface area contributed by atoms with Gasteiger partial charge >= 0.3 is 0 Å². The molecule has 1 aliphatic heterocycles. The normalized spacial score (nSPS) is 17.1. The first kappa shape index (κ1) is 21.3. The van der Waals surface area contributed by atoms with Crippen molar-refractivity contribution in [3.63, 3.8) is 0 Å². The number of hydrogen-bond donors (Lipinski definition) is 2. The van der Waals surface area contributed by atoms with Crippen LogP contribution in [-0.4, -0.2) is 68.5 Å². The van der Waals surface area contributed by atoms with Crippen molar-refractivity contribution in [3.05, 3.63) is 48.3 Å². The molecular weight excluding hydrogens is 390 g/mol. The minimum atomic E-state index is -3.21. The number of rotatable bonds is 7. The number of sulfone groups is 1. The Hall–Kier alpha value is -2.39. The highest BCUT2D eigenvalue weighted by atomic mass is 32.2. The molecule has 8 nitrogen and oxygen atoms in total. The lowest BCUT2D eigenvalue weighted by atomic mass is 9.99. The van der Waals surface area contributed by atoms with Crippen LogP contribution in [0.4, 0.5) is 0 Å². The summed E-state index contributed by atoms with van der Waals surface area (Å²) in [4.78, 5) is 4.22. The first-order valence-corrected chi connectivity index (χ1v) is 11.6. The molecule has 0 unspecified atom stereocenters. The number of guanidine groups is 1. The van der Waals surface area contributed by atoms with E-state index >= 15 is 0 Å². The van der Waals surface area contributed by atoms with Crippen LogP contribution in [0.3, 0.4) is 0 Å². The minimum absolute atomic E-state index is 0.327. The monoisotopic (exact) mass is 419 g/mol. The SMILES string of the molecule is CN=C(NCCc1ccc(-n2cccn2)cc1)NCC1(S(C)(=O)=O)CCOCC1. The van der Waals surface area contributed by atoms with Crippen LogP contribution in [0.5, 0.6) is 0 Å². The third-order valence-corrected chi connectivity index (χ3v) is 7.53. The van der Waals surface area contributed by atoms with E-state index < -0.39 is 14.6 Å². The van der Waals surface area contributed by atoms with Gasteiger partial charge in [0.25, 0.3) is 0 Å². The first-order valence-electron chi connectivity index (χ1n) is 9.74. The molecule has 1 aromatic carbocycles. The highest BCUT2D eigenvalue weighted by Crippen LogP contribution is 2.28. The number of benzene rings is 1. The van der Waals surface area contributed by atoms with Gasteiger partial charge in [-0.25, -0.2) is 13.1 Å². The van der Waals surface area contributed by atoms with Crippen molar-refractivity contribution >= 4 is 15.8 Å². The van der Waals surface area contributed by atoms with Gasteiger partial charge in [0, 0.05) is 52.0 Å². The lowest BCUT2D eigenvalue weighted by Gasteiger charge is -2.35. The molecule has 2 aromatic rings. The number of ether oxygens (including phenoxy) is 1. The smallest absolute Gasteiger partial charge is 0.191 e. The molecule has 1 aromatic heterocycles. The zero-order chi connectivity index (χ0) is 20.7. The van der Waals surface area contributed by atoms with Gasteiger partial charge in [0.15, 0.2) is 15.8 Å². The molecular formula is C20H29N5O3S. The molecule has 0 amide bonds. The largest absolute Gasteiger partial charge is 0.381 e. The van der Waals surface area contributed by atoms with Crippen molar-refractivity contribution in [1.29, 1.82) is 0 Å². The Morgan fingerprint density at radius 2 is 1.97 bits per heavy atom. The molecule has 9 heteroatoms. The maximum Gasteiger partial charge on any atom is 0.191 e. The molecule has 1 saturated heterocycles. The number of aromatic nitrogens is 2. The Morgan fingerprint density at radius 3 is 2.55 bits per heavy atom. The molecule has 1 fully saturated rings. The second-order valence-electron chi connectivity index (χ2n) is 7.29. The van der Waals surface area contributed by atoms with Gasteiger partial charge in [-0.3, -0.25) is 4.99 Å². The first-order chi connectivity index (χ1) is 13.9. The summed E-state index contributed by atoms with van der Waals surface area (Å²) in [6.45, 7) is 1.95. The van der Waals surface area contributed by atoms with Crippen molar-refractivity contribution < 1.29 is 13.2 Å². The molecule has 0 saturated carbocycles. The summed E-state index contributed by atoms with van der Waals surface area (Å²) in [6, 6.07) is 10.1. The van der Waals surface area contributed by atoms with Gasteiger partial charge in [0.2, 0.25) is 0 Å². The van der Waals surface area contributed by atoms with E-state index in [1.165, 1.54) is 11.8 Å². The molecule has 0 radical (unpaired) electrons. The number of hydrogen-bond acceptors (Lipinski definition) is 5. The van der Waals surface area contributed by atoms with Crippen molar-refractivity contribution in [2.45, 2.75) is 24.0 Å². The lowest BCUT2D eigenvalue weighted by Crippen LogP contribution is -2.53. The molecule has 29 heavy (non-hydrogen) atoms. The topological polar surface area (TPSA) is 97.6 Å². The maximum atomic E-state index is 12.4. The maximum absolute atomic E-state index is 12.4. The number of aliphatic imine (C=N–C) groups is 1. The van der Waals surface area contributed by atoms with Crippen LogP contribution in [-0.2, 0) is 21.0 Å². The van der Waals surface area contributed by atoms with E-state index in [4.69, 9.17) is 4.74 Å². The Bertz CT molecular complexity index is 902. The fourth-order valence-electron chi connectivity index (χ4n) is 3.45. The summed E-state index contributed by atoms with van der Waals surface area (Å²) in [5, 5.41) is 10.7. The Balaban J connectivity index is 1.50. The molecule has 0 aliphatic carbocycles. The van der Waals surface area contributed by atoms with Gasteiger partial charge < -0.3 is 15.4 Å². The van der Waals surface area contributed by atoms with Gasteiger partial charge in [-0.15, -0.1) is 0 Å². The van der Waals surface area contributed by atoms with E-state index in [0.717, 1.165) is 12.1 Å². The van der Waals surface area contributed by atoms with Crippen molar-refractivity contribution in [2.24, 2.45) is 4.99 Å². The zero-order valence-corrected chi connectivity index (χ0v) is 17.8. The Morgan fingerprint density at radius 1 is 1.24 bits per heavy atom. The van der Waals surface area contributed by atoms with Crippen molar-refractivity contribution in [3.8, 4) is 5.69 Å². The highest BCUT2D eigenvalue weighted by Gasteiger charge is 2.42. The third-order valence-electron chi connectivity index (χ3n) is 5.40. The molecule has 1 aliphatic rings. The summed E-state index contributed by atoms with van der Waals surface area (Å²) in [6.07, 6.45) is 6.80. The molecule has 0 bridgehead atoms.